The molecule has 1 aliphatic rings. The lowest BCUT2D eigenvalue weighted by Crippen LogP contribution is -2.35. The van der Waals surface area contributed by atoms with Crippen LogP contribution < -0.4 is 5.32 Å². The zero-order valence-electron chi connectivity index (χ0n) is 15.3. The molecule has 3 rings (SSSR count). The Morgan fingerprint density at radius 2 is 2.15 bits per heavy atom. The molecule has 2 aromatic rings. The number of hydrogen-bond acceptors (Lipinski definition) is 5. The Hall–Kier alpha value is -1.86. The number of rotatable bonds is 8. The molecule has 0 saturated carbocycles. The number of benzene rings is 1. The number of nitrogens with one attached hydrogen (secondary N) is 2. The summed E-state index contributed by atoms with van der Waals surface area (Å²) in [6, 6.07) is 7.75. The number of aromatic nitrogens is 3. The van der Waals surface area contributed by atoms with Gasteiger partial charge in [-0.15, -0.1) is 0 Å². The Labute approximate surface area is 159 Å². The molecular formula is C19H27N5OS. The van der Waals surface area contributed by atoms with Gasteiger partial charge in [0.15, 0.2) is 5.16 Å². The van der Waals surface area contributed by atoms with Crippen molar-refractivity contribution in [3.05, 3.63) is 41.7 Å². The van der Waals surface area contributed by atoms with Crippen molar-refractivity contribution in [1.29, 1.82) is 0 Å². The quantitative estimate of drug-likeness (QED) is 0.550. The fourth-order valence-corrected chi connectivity index (χ4v) is 3.95. The van der Waals surface area contributed by atoms with Gasteiger partial charge in [0.1, 0.15) is 6.33 Å². The average molecular weight is 374 g/mol. The summed E-state index contributed by atoms with van der Waals surface area (Å²) in [5, 5.41) is 10.5. The number of thioether (sulfide) groups is 1. The van der Waals surface area contributed by atoms with E-state index in [9.17, 15) is 4.79 Å². The first-order chi connectivity index (χ1) is 12.7. The van der Waals surface area contributed by atoms with Gasteiger partial charge in [0.05, 0.1) is 0 Å². The van der Waals surface area contributed by atoms with Crippen molar-refractivity contribution >= 4 is 17.7 Å². The Bertz CT molecular complexity index is 683. The molecule has 1 aliphatic heterocycles. The van der Waals surface area contributed by atoms with Gasteiger partial charge < -0.3 is 10.2 Å². The summed E-state index contributed by atoms with van der Waals surface area (Å²) in [7, 11) is 0. The third-order valence-electron chi connectivity index (χ3n) is 4.83. The van der Waals surface area contributed by atoms with Crippen LogP contribution in [0.4, 0.5) is 0 Å². The largest absolute Gasteiger partial charge is 0.352 e. The number of amides is 1. The van der Waals surface area contributed by atoms with E-state index in [1.807, 2.05) is 24.3 Å². The molecule has 140 valence electrons. The van der Waals surface area contributed by atoms with E-state index < -0.39 is 0 Å². The monoisotopic (exact) mass is 373 g/mol. The van der Waals surface area contributed by atoms with Crippen molar-refractivity contribution in [2.24, 2.45) is 5.92 Å². The summed E-state index contributed by atoms with van der Waals surface area (Å²) < 4.78 is 0. The summed E-state index contributed by atoms with van der Waals surface area (Å²) in [6.07, 6.45) is 5.07. The maximum atomic E-state index is 12.6. The zero-order chi connectivity index (χ0) is 18.2. The van der Waals surface area contributed by atoms with Gasteiger partial charge in [0.25, 0.3) is 5.91 Å². The number of carbonyl (C=O) groups excluding carboxylic acids is 1. The van der Waals surface area contributed by atoms with Crippen LogP contribution in [0.1, 0.15) is 42.1 Å². The van der Waals surface area contributed by atoms with Crippen molar-refractivity contribution in [3.8, 4) is 0 Å². The molecule has 26 heavy (non-hydrogen) atoms. The van der Waals surface area contributed by atoms with Crippen LogP contribution in [0.15, 0.2) is 35.7 Å². The van der Waals surface area contributed by atoms with Gasteiger partial charge in [-0.05, 0) is 56.4 Å². The molecule has 1 aromatic carbocycles. The molecule has 1 aromatic heterocycles. The smallest absolute Gasteiger partial charge is 0.251 e. The van der Waals surface area contributed by atoms with Gasteiger partial charge in [0.2, 0.25) is 0 Å². The summed E-state index contributed by atoms with van der Waals surface area (Å²) >= 11 is 1.54. The molecule has 0 unspecified atom stereocenters. The first-order valence-electron chi connectivity index (χ1n) is 9.29. The van der Waals surface area contributed by atoms with Crippen molar-refractivity contribution < 1.29 is 4.79 Å². The minimum atomic E-state index is 0.00559. The maximum absolute atomic E-state index is 12.6. The van der Waals surface area contributed by atoms with E-state index in [1.54, 1.807) is 11.8 Å². The minimum Gasteiger partial charge on any atom is -0.352 e. The van der Waals surface area contributed by atoms with Crippen LogP contribution in [0.5, 0.6) is 0 Å². The van der Waals surface area contributed by atoms with E-state index in [2.05, 4.69) is 32.3 Å². The topological polar surface area (TPSA) is 73.9 Å². The minimum absolute atomic E-state index is 0.00559. The Kier molecular flexibility index (Phi) is 7.08. The van der Waals surface area contributed by atoms with Crippen molar-refractivity contribution in [1.82, 2.24) is 25.4 Å². The highest BCUT2D eigenvalue weighted by Gasteiger charge is 2.15. The highest BCUT2D eigenvalue weighted by Crippen LogP contribution is 2.21. The van der Waals surface area contributed by atoms with Gasteiger partial charge >= 0.3 is 0 Å². The van der Waals surface area contributed by atoms with Crippen LogP contribution in [-0.4, -0.2) is 52.2 Å². The molecule has 0 atom stereocenters. The molecule has 2 N–H and O–H groups in total. The van der Waals surface area contributed by atoms with E-state index in [4.69, 9.17) is 0 Å². The fourth-order valence-electron chi connectivity index (χ4n) is 3.16. The van der Waals surface area contributed by atoms with E-state index >= 15 is 0 Å². The van der Waals surface area contributed by atoms with Crippen LogP contribution in [0, 0.1) is 5.92 Å². The number of aromatic amines is 1. The number of hydrogen-bond donors (Lipinski definition) is 2. The Morgan fingerprint density at radius 1 is 1.35 bits per heavy atom. The van der Waals surface area contributed by atoms with Crippen molar-refractivity contribution in [3.63, 3.8) is 0 Å². The molecular weight excluding hydrogens is 346 g/mol. The molecule has 1 amide bonds. The number of H-pyrrole nitrogens is 1. The summed E-state index contributed by atoms with van der Waals surface area (Å²) in [4.78, 5) is 19.2. The Balaban J connectivity index is 1.44. The first-order valence-corrected chi connectivity index (χ1v) is 10.3. The summed E-state index contributed by atoms with van der Waals surface area (Å²) in [6.45, 7) is 6.49. The zero-order valence-corrected chi connectivity index (χ0v) is 16.1. The predicted molar refractivity (Wildman–Crippen MR) is 104 cm³/mol. The first kappa shape index (κ1) is 18.9. The number of nitrogens with zero attached hydrogens (tertiary/aromatic N) is 3. The molecule has 2 heterocycles. The lowest BCUT2D eigenvalue weighted by Gasteiger charge is -2.30. The maximum Gasteiger partial charge on any atom is 0.251 e. The molecule has 0 bridgehead atoms. The molecule has 1 fully saturated rings. The average Bonchev–Trinajstić information content (AvgIpc) is 3.19. The highest BCUT2D eigenvalue weighted by atomic mass is 32.2. The predicted octanol–water partition coefficient (Wildman–Crippen LogP) is 2.95. The van der Waals surface area contributed by atoms with Gasteiger partial charge in [-0.1, -0.05) is 36.9 Å². The van der Waals surface area contributed by atoms with Crippen LogP contribution >= 0.6 is 11.8 Å². The third-order valence-corrected chi connectivity index (χ3v) is 5.76. The number of likely N-dealkylation sites (tertiary alicyclic amines) is 1. The van der Waals surface area contributed by atoms with Gasteiger partial charge in [-0.25, -0.2) is 4.98 Å². The van der Waals surface area contributed by atoms with Crippen LogP contribution in [0.25, 0.3) is 0 Å². The standard InChI is InChI=1S/C19H27N5OS/c1-15-7-11-24(12-8-15)10-4-9-20-18(25)17-6-3-2-5-16(17)13-26-19-21-14-22-23-19/h2-3,5-6,14-15H,4,7-13H2,1H3,(H,20,25)(H,21,22,23). The van der Waals surface area contributed by atoms with E-state index in [0.29, 0.717) is 12.3 Å². The molecule has 0 aliphatic carbocycles. The van der Waals surface area contributed by atoms with E-state index in [0.717, 1.165) is 35.2 Å². The van der Waals surface area contributed by atoms with Crippen LogP contribution in [0.2, 0.25) is 0 Å². The number of piperidine rings is 1. The Morgan fingerprint density at radius 3 is 2.92 bits per heavy atom. The second-order valence-electron chi connectivity index (χ2n) is 6.87. The summed E-state index contributed by atoms with van der Waals surface area (Å²) in [5.74, 6) is 1.55. The van der Waals surface area contributed by atoms with Crippen molar-refractivity contribution in [2.75, 3.05) is 26.2 Å². The number of carbonyl (C=O) groups is 1. The van der Waals surface area contributed by atoms with Crippen LogP contribution in [-0.2, 0) is 5.75 Å². The second kappa shape index (κ2) is 9.73. The lowest BCUT2D eigenvalue weighted by molar-refractivity contribution is 0.0950. The molecule has 6 nitrogen and oxygen atoms in total. The van der Waals surface area contributed by atoms with Crippen molar-refractivity contribution in [2.45, 2.75) is 37.1 Å². The molecule has 7 heteroatoms. The normalized spacial score (nSPS) is 15.9. The van der Waals surface area contributed by atoms with E-state index in [1.165, 1.54) is 32.3 Å². The van der Waals surface area contributed by atoms with Gasteiger partial charge in [0, 0.05) is 17.9 Å². The van der Waals surface area contributed by atoms with Gasteiger partial charge in [-0.2, -0.15) is 5.10 Å². The highest BCUT2D eigenvalue weighted by molar-refractivity contribution is 7.98. The fraction of sp³-hybridized carbons (Fsp3) is 0.526. The molecule has 0 radical (unpaired) electrons. The lowest BCUT2D eigenvalue weighted by atomic mass is 9.99. The van der Waals surface area contributed by atoms with Crippen LogP contribution in [0.3, 0.4) is 0 Å². The molecule has 1 saturated heterocycles. The third kappa shape index (κ3) is 5.57. The second-order valence-corrected chi connectivity index (χ2v) is 7.83. The summed E-state index contributed by atoms with van der Waals surface area (Å²) in [5.41, 5.74) is 1.75. The SMILES string of the molecule is CC1CCN(CCCNC(=O)c2ccccc2CSc2ncn[nH]2)CC1. The van der Waals surface area contributed by atoms with E-state index in [-0.39, 0.29) is 5.91 Å². The molecule has 0 spiro atoms. The van der Waals surface area contributed by atoms with Gasteiger partial charge in [-0.3, -0.25) is 9.89 Å².